The molecule has 0 bridgehead atoms. The second kappa shape index (κ2) is 8.05. The lowest BCUT2D eigenvalue weighted by Crippen LogP contribution is -2.41. The maximum absolute atomic E-state index is 12.3. The smallest absolute Gasteiger partial charge is 0.270 e. The number of carbonyl (C=O) groups is 3. The van der Waals surface area contributed by atoms with Crippen LogP contribution in [0.25, 0.3) is 0 Å². The third-order valence-corrected chi connectivity index (χ3v) is 4.23. The van der Waals surface area contributed by atoms with Gasteiger partial charge in [-0.2, -0.15) is 0 Å². The summed E-state index contributed by atoms with van der Waals surface area (Å²) in [5, 5.41) is 13.9. The van der Waals surface area contributed by atoms with Gasteiger partial charge in [0.05, 0.1) is 22.6 Å². The number of nitrogens with one attached hydrogen (secondary N) is 1. The van der Waals surface area contributed by atoms with E-state index in [1.165, 1.54) is 6.07 Å². The van der Waals surface area contributed by atoms with E-state index in [2.05, 4.69) is 5.32 Å². The van der Waals surface area contributed by atoms with Crippen molar-refractivity contribution in [3.63, 3.8) is 0 Å². The van der Waals surface area contributed by atoms with E-state index in [0.29, 0.717) is 10.8 Å². The average Bonchev–Trinajstić information content (AvgIpc) is 2.91. The van der Waals surface area contributed by atoms with E-state index in [9.17, 15) is 24.5 Å². The van der Waals surface area contributed by atoms with Crippen LogP contribution in [0, 0.1) is 10.1 Å². The lowest BCUT2D eigenvalue weighted by Gasteiger charge is -2.13. The van der Waals surface area contributed by atoms with Gasteiger partial charge < -0.3 is 10.1 Å². The highest BCUT2D eigenvalue weighted by Gasteiger charge is 2.37. The normalized spacial score (nSPS) is 12.7. The number of ether oxygens (including phenoxy) is 1. The van der Waals surface area contributed by atoms with Crippen LogP contribution in [0.2, 0.25) is 5.02 Å². The number of hydrogen-bond donors (Lipinski definition) is 1. The summed E-state index contributed by atoms with van der Waals surface area (Å²) in [7, 11) is 0. The van der Waals surface area contributed by atoms with Crippen LogP contribution in [0.3, 0.4) is 0 Å². The van der Waals surface area contributed by atoms with Crippen molar-refractivity contribution in [2.45, 2.75) is 0 Å². The predicted octanol–water partition coefficient (Wildman–Crippen LogP) is 2.04. The van der Waals surface area contributed by atoms with Crippen LogP contribution in [0.5, 0.6) is 5.75 Å². The van der Waals surface area contributed by atoms with Crippen LogP contribution in [0.15, 0.2) is 42.5 Å². The fourth-order valence-electron chi connectivity index (χ4n) is 2.63. The van der Waals surface area contributed by atoms with E-state index < -0.39 is 29.2 Å². The second-order valence-corrected chi connectivity index (χ2v) is 6.27. The number of nitrogens with zero attached hydrogens (tertiary/aromatic N) is 2. The molecule has 0 radical (unpaired) electrons. The minimum Gasteiger partial charge on any atom is -0.492 e. The third kappa shape index (κ3) is 4.09. The molecule has 0 saturated carbocycles. The summed E-state index contributed by atoms with van der Waals surface area (Å²) in [6.07, 6.45) is 0. The van der Waals surface area contributed by atoms with E-state index in [0.717, 1.165) is 17.0 Å². The Hall–Kier alpha value is -3.46. The van der Waals surface area contributed by atoms with E-state index in [-0.39, 0.29) is 30.0 Å². The molecule has 0 unspecified atom stereocenters. The van der Waals surface area contributed by atoms with Crippen LogP contribution in [0.4, 0.5) is 5.69 Å². The molecule has 0 aliphatic carbocycles. The Morgan fingerprint density at radius 2 is 1.79 bits per heavy atom. The Morgan fingerprint density at radius 3 is 2.46 bits per heavy atom. The summed E-state index contributed by atoms with van der Waals surface area (Å²) in [6.45, 7) is -0.140. The van der Waals surface area contributed by atoms with Gasteiger partial charge in [-0.15, -0.1) is 0 Å². The maximum atomic E-state index is 12.3. The molecule has 0 atom stereocenters. The highest BCUT2D eigenvalue weighted by Crippen LogP contribution is 2.26. The lowest BCUT2D eigenvalue weighted by atomic mass is 10.1. The van der Waals surface area contributed by atoms with Gasteiger partial charge in [0.2, 0.25) is 5.91 Å². The summed E-state index contributed by atoms with van der Waals surface area (Å²) in [5.41, 5.74) is -0.349. The molecule has 3 amide bonds. The molecule has 1 aliphatic heterocycles. The molecule has 10 heteroatoms. The van der Waals surface area contributed by atoms with Crippen molar-refractivity contribution in [1.29, 1.82) is 0 Å². The summed E-state index contributed by atoms with van der Waals surface area (Å²) < 4.78 is 5.43. The lowest BCUT2D eigenvalue weighted by molar-refractivity contribution is -0.384. The number of carbonyl (C=O) groups excluding carboxylic acids is 3. The summed E-state index contributed by atoms with van der Waals surface area (Å²) in [6, 6.07) is 10.1. The van der Waals surface area contributed by atoms with Crippen molar-refractivity contribution in [3.05, 3.63) is 68.7 Å². The largest absolute Gasteiger partial charge is 0.492 e. The van der Waals surface area contributed by atoms with Gasteiger partial charge in [-0.3, -0.25) is 29.4 Å². The highest BCUT2D eigenvalue weighted by molar-refractivity contribution is 6.30. The molecule has 0 saturated heterocycles. The molecule has 1 heterocycles. The Morgan fingerprint density at radius 1 is 1.11 bits per heavy atom. The van der Waals surface area contributed by atoms with Crippen LogP contribution in [-0.2, 0) is 4.79 Å². The zero-order valence-electron chi connectivity index (χ0n) is 14.4. The quantitative estimate of drug-likeness (QED) is 0.327. The van der Waals surface area contributed by atoms with Gasteiger partial charge in [-0.1, -0.05) is 11.6 Å². The first kappa shape index (κ1) is 19.3. The summed E-state index contributed by atoms with van der Waals surface area (Å²) in [4.78, 5) is 47.6. The first-order valence-electron chi connectivity index (χ1n) is 8.16. The van der Waals surface area contributed by atoms with Crippen molar-refractivity contribution in [3.8, 4) is 5.75 Å². The molecule has 28 heavy (non-hydrogen) atoms. The number of amides is 3. The Bertz CT molecular complexity index is 960. The van der Waals surface area contributed by atoms with Crippen molar-refractivity contribution in [1.82, 2.24) is 10.2 Å². The number of fused-ring (bicyclic) bond motifs is 1. The van der Waals surface area contributed by atoms with Gasteiger partial charge in [-0.05, 0) is 30.3 Å². The highest BCUT2D eigenvalue weighted by atomic mass is 35.5. The number of nitro benzene ring substituents is 1. The predicted molar refractivity (Wildman–Crippen MR) is 98.4 cm³/mol. The molecule has 1 aliphatic rings. The van der Waals surface area contributed by atoms with Gasteiger partial charge in [0.15, 0.2) is 0 Å². The fraction of sp³-hybridized carbons (Fsp3) is 0.167. The van der Waals surface area contributed by atoms with E-state index in [1.54, 1.807) is 24.3 Å². The van der Waals surface area contributed by atoms with E-state index in [4.69, 9.17) is 16.3 Å². The minimum absolute atomic E-state index is 0.0365. The number of hydrogen-bond acceptors (Lipinski definition) is 6. The van der Waals surface area contributed by atoms with E-state index in [1.807, 2.05) is 0 Å². The zero-order valence-corrected chi connectivity index (χ0v) is 15.1. The second-order valence-electron chi connectivity index (χ2n) is 5.84. The van der Waals surface area contributed by atoms with Crippen molar-refractivity contribution >= 4 is 35.0 Å². The maximum Gasteiger partial charge on any atom is 0.270 e. The number of rotatable bonds is 7. The van der Waals surface area contributed by atoms with Crippen molar-refractivity contribution in [2.24, 2.45) is 0 Å². The number of nitro groups is 1. The van der Waals surface area contributed by atoms with E-state index >= 15 is 0 Å². The molecule has 2 aromatic rings. The fourth-order valence-corrected chi connectivity index (χ4v) is 2.75. The Kier molecular flexibility index (Phi) is 5.55. The Balaban J connectivity index is 1.52. The number of non-ortho nitro benzene ring substituents is 1. The summed E-state index contributed by atoms with van der Waals surface area (Å²) in [5.74, 6) is -1.37. The molecule has 0 fully saturated rings. The van der Waals surface area contributed by atoms with Gasteiger partial charge in [0, 0.05) is 17.2 Å². The first-order valence-corrected chi connectivity index (χ1v) is 8.54. The number of imide groups is 1. The molecule has 0 spiro atoms. The molecule has 2 aromatic carbocycles. The SMILES string of the molecule is O=C(CN1C(=O)c2ccc([N+](=O)[O-])cc2C1=O)NCCOc1ccc(Cl)cc1. The molecule has 9 nitrogen and oxygen atoms in total. The monoisotopic (exact) mass is 403 g/mol. The molecule has 3 rings (SSSR count). The molecule has 1 N–H and O–H groups in total. The number of benzene rings is 2. The van der Waals surface area contributed by atoms with Gasteiger partial charge in [0.1, 0.15) is 18.9 Å². The molecule has 144 valence electrons. The molecular formula is C18H14ClN3O6. The molecule has 0 aromatic heterocycles. The van der Waals surface area contributed by atoms with Gasteiger partial charge >= 0.3 is 0 Å². The Labute approximate surface area is 164 Å². The molecular weight excluding hydrogens is 390 g/mol. The van der Waals surface area contributed by atoms with Crippen LogP contribution in [0.1, 0.15) is 20.7 Å². The van der Waals surface area contributed by atoms with Crippen LogP contribution >= 0.6 is 11.6 Å². The number of halogens is 1. The first-order chi connectivity index (χ1) is 13.4. The average molecular weight is 404 g/mol. The third-order valence-electron chi connectivity index (χ3n) is 3.97. The topological polar surface area (TPSA) is 119 Å². The zero-order chi connectivity index (χ0) is 20.3. The van der Waals surface area contributed by atoms with Crippen LogP contribution < -0.4 is 10.1 Å². The summed E-state index contributed by atoms with van der Waals surface area (Å²) >= 11 is 5.77. The van der Waals surface area contributed by atoms with Crippen molar-refractivity contribution < 1.29 is 24.0 Å². The van der Waals surface area contributed by atoms with Crippen molar-refractivity contribution in [2.75, 3.05) is 19.7 Å². The standard InChI is InChI=1S/C18H14ClN3O6/c19-11-1-4-13(5-2-11)28-8-7-20-16(23)10-21-17(24)14-6-3-12(22(26)27)9-15(14)18(21)25/h1-6,9H,7-8,10H2,(H,20,23). The van der Waals surface area contributed by atoms with Gasteiger partial charge in [0.25, 0.3) is 17.5 Å². The van der Waals surface area contributed by atoms with Crippen LogP contribution in [-0.4, -0.2) is 47.2 Å². The van der Waals surface area contributed by atoms with Gasteiger partial charge in [-0.25, -0.2) is 0 Å². The minimum atomic E-state index is -0.740.